The number of carbonyl (C=O) groups excluding carboxylic acids is 2. The van der Waals surface area contributed by atoms with Gasteiger partial charge in [0.15, 0.2) is 0 Å². The van der Waals surface area contributed by atoms with E-state index in [9.17, 15) is 29.4 Å². The molecule has 0 aliphatic carbocycles. The van der Waals surface area contributed by atoms with E-state index in [1.54, 1.807) is 0 Å². The number of aromatic amines is 1. The first-order valence-corrected chi connectivity index (χ1v) is 15.6. The number of nitrogens with one attached hydrogen (secondary N) is 3. The second-order valence-electron chi connectivity index (χ2n) is 12.5. The Morgan fingerprint density at radius 3 is 2.16 bits per heavy atom. The average Bonchev–Trinajstić information content (AvgIpc) is 3.59. The molecule has 3 aliphatic rings. The summed E-state index contributed by atoms with van der Waals surface area (Å²) in [6.45, 7) is 12.1. The molecule has 234 valence electrons. The van der Waals surface area contributed by atoms with E-state index in [0.29, 0.717) is 31.4 Å². The lowest BCUT2D eigenvalue weighted by atomic mass is 9.87. The summed E-state index contributed by atoms with van der Waals surface area (Å²) in [7, 11) is 0. The number of aliphatic imine (C=N–C) groups is 1. The summed E-state index contributed by atoms with van der Waals surface area (Å²) in [5.41, 5.74) is 6.85. The van der Waals surface area contributed by atoms with Gasteiger partial charge in [0.25, 0.3) is 0 Å². The van der Waals surface area contributed by atoms with Crippen LogP contribution in [0.3, 0.4) is 0 Å². The van der Waals surface area contributed by atoms with E-state index in [1.807, 2.05) is 33.8 Å². The van der Waals surface area contributed by atoms with Crippen molar-refractivity contribution in [1.29, 1.82) is 0 Å². The number of aromatic nitrogens is 1. The van der Waals surface area contributed by atoms with Crippen molar-refractivity contribution in [2.75, 3.05) is 0 Å². The predicted octanol–water partition coefficient (Wildman–Crippen LogP) is 4.57. The molecule has 1 aromatic heterocycles. The summed E-state index contributed by atoms with van der Waals surface area (Å²) in [6.07, 6.45) is 5.30. The fourth-order valence-electron chi connectivity index (χ4n) is 7.23. The third kappa shape index (κ3) is 6.78. The molecule has 1 aromatic rings. The first kappa shape index (κ1) is 32.2. The highest BCUT2D eigenvalue weighted by Crippen LogP contribution is 2.37. The minimum Gasteiger partial charge on any atom is -0.481 e. The fraction of sp³-hybridized carbons (Fsp3) is 0.606. The van der Waals surface area contributed by atoms with Crippen LogP contribution in [-0.4, -0.2) is 56.7 Å². The van der Waals surface area contributed by atoms with Crippen LogP contribution >= 0.6 is 0 Å². The normalized spacial score (nSPS) is 28.0. The molecule has 43 heavy (non-hydrogen) atoms. The second-order valence-corrected chi connectivity index (χ2v) is 12.5. The molecule has 6 atom stereocenters. The largest absolute Gasteiger partial charge is 0.481 e. The van der Waals surface area contributed by atoms with Gasteiger partial charge in [-0.2, -0.15) is 0 Å². The van der Waals surface area contributed by atoms with Crippen molar-refractivity contribution in [2.45, 2.75) is 105 Å². The molecule has 4 rings (SSSR count). The molecule has 0 bridgehead atoms. The number of rotatable bonds is 13. The maximum atomic E-state index is 12.5. The third-order valence-electron chi connectivity index (χ3n) is 10.0. The van der Waals surface area contributed by atoms with Crippen LogP contribution in [0.5, 0.6) is 0 Å². The van der Waals surface area contributed by atoms with Gasteiger partial charge in [-0.3, -0.25) is 24.2 Å². The van der Waals surface area contributed by atoms with Gasteiger partial charge in [0, 0.05) is 66.7 Å². The smallest absolute Gasteiger partial charge is 0.303 e. The van der Waals surface area contributed by atoms with Crippen molar-refractivity contribution < 1.29 is 29.4 Å². The Morgan fingerprint density at radius 2 is 1.56 bits per heavy atom. The summed E-state index contributed by atoms with van der Waals surface area (Å²) in [6, 6.07) is -0.0650. The molecule has 10 heteroatoms. The number of carboxylic acids is 2. The standard InChI is InChI=1S/C33H46N4O6/c1-7-20-19(6)32(42)37-27(20)14-25-18(5)23(10-12-31(40)41)29(35-25)15-28-22(9-11-30(38)39)17(4)24(34-28)13-26-16(3)21(8-2)33(43)36-26/h15-16,19-21,26-27,35H,7-14H2,1-6H3,(H,36,43)(H,37,42)(H,38,39)(H,40,41)/b28-15-/t16-,19?,20-,21-,26?,27?/m1/s1. The maximum absolute atomic E-state index is 12.5. The highest BCUT2D eigenvalue weighted by molar-refractivity contribution is 6.06. The zero-order valence-electron chi connectivity index (χ0n) is 26.2. The summed E-state index contributed by atoms with van der Waals surface area (Å²) in [5, 5.41) is 25.2. The zero-order chi connectivity index (χ0) is 31.6. The third-order valence-corrected chi connectivity index (χ3v) is 10.0. The van der Waals surface area contributed by atoms with Gasteiger partial charge in [-0.05, 0) is 73.3 Å². The van der Waals surface area contributed by atoms with Gasteiger partial charge in [-0.25, -0.2) is 0 Å². The highest BCUT2D eigenvalue weighted by atomic mass is 16.4. The lowest BCUT2D eigenvalue weighted by Crippen LogP contribution is -2.31. The van der Waals surface area contributed by atoms with Crippen molar-refractivity contribution in [3.63, 3.8) is 0 Å². The van der Waals surface area contributed by atoms with E-state index >= 15 is 0 Å². The van der Waals surface area contributed by atoms with Crippen LogP contribution in [0.4, 0.5) is 0 Å². The molecule has 0 spiro atoms. The number of hydrogen-bond acceptors (Lipinski definition) is 5. The van der Waals surface area contributed by atoms with Crippen LogP contribution < -0.4 is 10.6 Å². The van der Waals surface area contributed by atoms with Gasteiger partial charge in [0.05, 0.1) is 5.70 Å². The van der Waals surface area contributed by atoms with E-state index in [2.05, 4.69) is 29.5 Å². The number of allylic oxidation sites excluding steroid dienone is 2. The number of hydrogen-bond donors (Lipinski definition) is 5. The lowest BCUT2D eigenvalue weighted by molar-refractivity contribution is -0.138. The van der Waals surface area contributed by atoms with Crippen LogP contribution in [0.15, 0.2) is 21.8 Å². The van der Waals surface area contributed by atoms with E-state index in [1.165, 1.54) is 0 Å². The SMILES string of the molecule is CC[C@H]1C(Cc2[nH]c(/C=C3\N=C(CC4NC(=O)[C@H](CC)[C@H]4C)C(C)=C3CCC(=O)O)c(CCC(=O)O)c2C)NC(=O)C1C. The number of carboxylic acid groups (broad SMARTS) is 2. The first-order valence-electron chi connectivity index (χ1n) is 15.6. The number of aliphatic carboxylic acids is 2. The van der Waals surface area contributed by atoms with E-state index < -0.39 is 11.9 Å². The van der Waals surface area contributed by atoms with E-state index in [-0.39, 0.29) is 60.4 Å². The summed E-state index contributed by atoms with van der Waals surface area (Å²) in [5.74, 6) is -1.38. The zero-order valence-corrected chi connectivity index (χ0v) is 26.2. The van der Waals surface area contributed by atoms with Crippen molar-refractivity contribution in [2.24, 2.45) is 28.7 Å². The Hall–Kier alpha value is -3.69. The molecule has 3 unspecified atom stereocenters. The Kier molecular flexibility index (Phi) is 9.97. The van der Waals surface area contributed by atoms with Gasteiger partial charge in [-0.1, -0.05) is 34.1 Å². The minimum absolute atomic E-state index is 0.0161. The fourth-order valence-corrected chi connectivity index (χ4v) is 7.23. The molecular formula is C33H46N4O6. The molecule has 0 radical (unpaired) electrons. The quantitative estimate of drug-likeness (QED) is 0.225. The van der Waals surface area contributed by atoms with Gasteiger partial charge >= 0.3 is 11.9 Å². The highest BCUT2D eigenvalue weighted by Gasteiger charge is 2.40. The monoisotopic (exact) mass is 594 g/mol. The Morgan fingerprint density at radius 1 is 0.907 bits per heavy atom. The van der Waals surface area contributed by atoms with Crippen molar-refractivity contribution >= 4 is 35.5 Å². The molecular weight excluding hydrogens is 548 g/mol. The Bertz CT molecular complexity index is 1390. The first-order chi connectivity index (χ1) is 20.4. The van der Waals surface area contributed by atoms with E-state index in [0.717, 1.165) is 52.2 Å². The van der Waals surface area contributed by atoms with Crippen LogP contribution in [0, 0.1) is 30.6 Å². The number of H-pyrrole nitrogens is 1. The maximum Gasteiger partial charge on any atom is 0.303 e. The molecule has 2 fully saturated rings. The number of nitrogens with zero attached hydrogens (tertiary/aromatic N) is 1. The van der Waals surface area contributed by atoms with Gasteiger partial charge in [-0.15, -0.1) is 0 Å². The van der Waals surface area contributed by atoms with Crippen molar-refractivity contribution in [3.8, 4) is 0 Å². The van der Waals surface area contributed by atoms with Crippen molar-refractivity contribution in [1.82, 2.24) is 15.6 Å². The van der Waals surface area contributed by atoms with Crippen LogP contribution in [0.2, 0.25) is 0 Å². The molecule has 0 saturated carbocycles. The molecule has 2 amide bonds. The minimum atomic E-state index is -0.894. The second kappa shape index (κ2) is 13.3. The van der Waals surface area contributed by atoms with Gasteiger partial charge in [0.2, 0.25) is 11.8 Å². The van der Waals surface area contributed by atoms with Gasteiger partial charge in [0.1, 0.15) is 0 Å². The summed E-state index contributed by atoms with van der Waals surface area (Å²) < 4.78 is 0. The Labute approximate surface area is 253 Å². The predicted molar refractivity (Wildman–Crippen MR) is 165 cm³/mol. The molecule has 4 heterocycles. The summed E-state index contributed by atoms with van der Waals surface area (Å²) in [4.78, 5) is 56.5. The molecule has 5 N–H and O–H groups in total. The molecule has 10 nitrogen and oxygen atoms in total. The average molecular weight is 595 g/mol. The number of amides is 2. The lowest BCUT2D eigenvalue weighted by Gasteiger charge is -2.19. The Balaban J connectivity index is 1.71. The molecule has 2 saturated heterocycles. The van der Waals surface area contributed by atoms with E-state index in [4.69, 9.17) is 4.99 Å². The molecule has 3 aliphatic heterocycles. The molecule has 0 aromatic carbocycles. The van der Waals surface area contributed by atoms with Crippen molar-refractivity contribution in [3.05, 3.63) is 39.4 Å². The van der Waals surface area contributed by atoms with Crippen LogP contribution in [0.25, 0.3) is 6.08 Å². The summed E-state index contributed by atoms with van der Waals surface area (Å²) >= 11 is 0. The topological polar surface area (TPSA) is 161 Å². The van der Waals surface area contributed by atoms with Crippen LogP contribution in [0.1, 0.15) is 95.7 Å². The van der Waals surface area contributed by atoms with Crippen LogP contribution in [-0.2, 0) is 32.0 Å². The van der Waals surface area contributed by atoms with Gasteiger partial charge < -0.3 is 25.8 Å². The number of carbonyl (C=O) groups is 4.